The molecule has 48 valence electrons. The zero-order chi connectivity index (χ0) is 6.24. The van der Waals surface area contributed by atoms with Crippen molar-refractivity contribution in [2.75, 3.05) is 20.2 Å². The summed E-state index contributed by atoms with van der Waals surface area (Å²) < 4.78 is 0. The summed E-state index contributed by atoms with van der Waals surface area (Å²) in [5.41, 5.74) is 0. The molecule has 3 heteroatoms. The molecule has 0 aliphatic rings. The van der Waals surface area contributed by atoms with Crippen LogP contribution in [-0.2, 0) is 4.84 Å². The number of hydrogen-bond donors (Lipinski definition) is 1. The van der Waals surface area contributed by atoms with Gasteiger partial charge in [-0.15, -0.1) is 0 Å². The Morgan fingerprint density at radius 3 is 3.00 bits per heavy atom. The van der Waals surface area contributed by atoms with Crippen LogP contribution in [-0.4, -0.2) is 26.4 Å². The van der Waals surface area contributed by atoms with E-state index >= 15 is 0 Å². The average molecular weight is 116 g/mol. The Balaban J connectivity index is 2.72. The third kappa shape index (κ3) is 5.43. The second-order valence-electron chi connectivity index (χ2n) is 1.30. The summed E-state index contributed by atoms with van der Waals surface area (Å²) in [5.74, 6) is 0. The van der Waals surface area contributed by atoms with Crippen molar-refractivity contribution in [2.24, 2.45) is 5.16 Å². The van der Waals surface area contributed by atoms with Gasteiger partial charge < -0.3 is 10.2 Å². The summed E-state index contributed by atoms with van der Waals surface area (Å²) in [6.45, 7) is 3.30. The minimum atomic E-state index is 0.640. The van der Waals surface area contributed by atoms with Gasteiger partial charge in [-0.2, -0.15) is 0 Å². The zero-order valence-corrected chi connectivity index (χ0v) is 5.35. The lowest BCUT2D eigenvalue weighted by molar-refractivity contribution is 0.149. The minimum absolute atomic E-state index is 0.640. The van der Waals surface area contributed by atoms with Crippen molar-refractivity contribution < 1.29 is 4.84 Å². The highest BCUT2D eigenvalue weighted by molar-refractivity contribution is 5.52. The molecule has 0 amide bonds. The van der Waals surface area contributed by atoms with Gasteiger partial charge in [0.2, 0.25) is 0 Å². The smallest absolute Gasteiger partial charge is 0.129 e. The van der Waals surface area contributed by atoms with E-state index in [4.69, 9.17) is 4.84 Å². The highest BCUT2D eigenvalue weighted by Gasteiger charge is 1.76. The molecule has 0 radical (unpaired) electrons. The molecule has 0 aromatic carbocycles. The maximum atomic E-state index is 4.73. The van der Waals surface area contributed by atoms with Gasteiger partial charge in [0.15, 0.2) is 0 Å². The van der Waals surface area contributed by atoms with Crippen LogP contribution < -0.4 is 5.32 Å². The van der Waals surface area contributed by atoms with Crippen LogP contribution in [0.15, 0.2) is 5.16 Å². The van der Waals surface area contributed by atoms with E-state index in [0.29, 0.717) is 6.61 Å². The number of hydrogen-bond acceptors (Lipinski definition) is 3. The molecule has 0 saturated heterocycles. The molecule has 0 aliphatic carbocycles. The highest BCUT2D eigenvalue weighted by Crippen LogP contribution is 1.69. The molecule has 0 aromatic rings. The van der Waals surface area contributed by atoms with Gasteiger partial charge in [0.25, 0.3) is 0 Å². The molecular formula is C5H12N2O. The molecule has 0 saturated carbocycles. The van der Waals surface area contributed by atoms with Crippen molar-refractivity contribution >= 4 is 6.21 Å². The van der Waals surface area contributed by atoms with Gasteiger partial charge in [-0.05, 0) is 14.0 Å². The highest BCUT2D eigenvalue weighted by atomic mass is 16.6. The van der Waals surface area contributed by atoms with Gasteiger partial charge in [0.05, 0.1) is 0 Å². The fourth-order valence-corrected chi connectivity index (χ4v) is 0.275. The molecule has 8 heavy (non-hydrogen) atoms. The standard InChI is InChI=1S/C5H12N2O/c1-3-7-8-5-4-6-2/h3,6H,4-5H2,1-2H3. The Kier molecular flexibility index (Phi) is 5.97. The van der Waals surface area contributed by atoms with Crippen LogP contribution in [0.25, 0.3) is 0 Å². The fourth-order valence-electron chi connectivity index (χ4n) is 0.275. The molecule has 0 fully saturated rings. The van der Waals surface area contributed by atoms with Crippen LogP contribution in [0.3, 0.4) is 0 Å². The van der Waals surface area contributed by atoms with Crippen molar-refractivity contribution in [2.45, 2.75) is 6.92 Å². The van der Waals surface area contributed by atoms with Crippen LogP contribution in [0.5, 0.6) is 0 Å². The molecule has 0 aromatic heterocycles. The molecule has 0 unspecified atom stereocenters. The zero-order valence-electron chi connectivity index (χ0n) is 5.35. The molecular weight excluding hydrogens is 104 g/mol. The Bertz CT molecular complexity index is 63.4. The first-order valence-corrected chi connectivity index (χ1v) is 2.66. The molecule has 3 nitrogen and oxygen atoms in total. The molecule has 0 aliphatic heterocycles. The van der Waals surface area contributed by atoms with Gasteiger partial charge in [-0.1, -0.05) is 5.16 Å². The molecule has 0 spiro atoms. The maximum Gasteiger partial charge on any atom is 0.129 e. The summed E-state index contributed by atoms with van der Waals surface area (Å²) in [7, 11) is 1.87. The van der Waals surface area contributed by atoms with Crippen molar-refractivity contribution in [3.8, 4) is 0 Å². The lowest BCUT2D eigenvalue weighted by atomic mass is 10.7. The van der Waals surface area contributed by atoms with Crippen LogP contribution >= 0.6 is 0 Å². The molecule has 1 N–H and O–H groups in total. The summed E-state index contributed by atoms with van der Waals surface area (Å²) in [4.78, 5) is 4.73. The predicted molar refractivity (Wildman–Crippen MR) is 34.0 cm³/mol. The number of likely N-dealkylation sites (N-methyl/N-ethyl adjacent to an activating group) is 1. The number of nitrogens with one attached hydrogen (secondary N) is 1. The van der Waals surface area contributed by atoms with Crippen LogP contribution in [0.1, 0.15) is 6.92 Å². The van der Waals surface area contributed by atoms with Crippen LogP contribution in [0, 0.1) is 0 Å². The molecule has 0 heterocycles. The second kappa shape index (κ2) is 6.43. The Hall–Kier alpha value is -0.570. The van der Waals surface area contributed by atoms with E-state index in [2.05, 4.69) is 10.5 Å². The van der Waals surface area contributed by atoms with Gasteiger partial charge >= 0.3 is 0 Å². The summed E-state index contributed by atoms with van der Waals surface area (Å²) in [5, 5.41) is 6.47. The normalized spacial score (nSPS) is 10.2. The number of rotatable bonds is 4. The summed E-state index contributed by atoms with van der Waals surface area (Å²) >= 11 is 0. The largest absolute Gasteiger partial charge is 0.395 e. The monoisotopic (exact) mass is 116 g/mol. The van der Waals surface area contributed by atoms with Crippen LogP contribution in [0.2, 0.25) is 0 Å². The van der Waals surface area contributed by atoms with Gasteiger partial charge in [0.1, 0.15) is 6.61 Å². The van der Waals surface area contributed by atoms with Crippen molar-refractivity contribution in [1.82, 2.24) is 5.32 Å². The Labute approximate surface area is 49.7 Å². The molecule has 0 atom stereocenters. The maximum absolute atomic E-state index is 4.73. The lowest BCUT2D eigenvalue weighted by Gasteiger charge is -1.94. The predicted octanol–water partition coefficient (Wildman–Crippen LogP) is 0.228. The summed E-state index contributed by atoms with van der Waals surface area (Å²) in [6, 6.07) is 0. The van der Waals surface area contributed by atoms with E-state index in [1.54, 1.807) is 6.21 Å². The van der Waals surface area contributed by atoms with Crippen molar-refractivity contribution in [1.29, 1.82) is 0 Å². The quantitative estimate of drug-likeness (QED) is 0.324. The SMILES string of the molecule is CC=NOCCNC. The Morgan fingerprint density at radius 2 is 2.50 bits per heavy atom. The van der Waals surface area contributed by atoms with E-state index in [1.165, 1.54) is 0 Å². The van der Waals surface area contributed by atoms with Crippen LogP contribution in [0.4, 0.5) is 0 Å². The van der Waals surface area contributed by atoms with Crippen molar-refractivity contribution in [3.05, 3.63) is 0 Å². The van der Waals surface area contributed by atoms with Gasteiger partial charge in [0, 0.05) is 12.8 Å². The van der Waals surface area contributed by atoms with Gasteiger partial charge in [-0.3, -0.25) is 0 Å². The first-order valence-electron chi connectivity index (χ1n) is 2.66. The Morgan fingerprint density at radius 1 is 1.75 bits per heavy atom. The average Bonchev–Trinajstić information content (AvgIpc) is 1.81. The fraction of sp³-hybridized carbons (Fsp3) is 0.800. The van der Waals surface area contributed by atoms with E-state index in [-0.39, 0.29) is 0 Å². The van der Waals surface area contributed by atoms with E-state index in [1.807, 2.05) is 14.0 Å². The van der Waals surface area contributed by atoms with E-state index in [9.17, 15) is 0 Å². The topological polar surface area (TPSA) is 33.6 Å². The third-order valence-electron chi connectivity index (χ3n) is 0.623. The number of oxime groups is 1. The first-order chi connectivity index (χ1) is 3.91. The van der Waals surface area contributed by atoms with Crippen molar-refractivity contribution in [3.63, 3.8) is 0 Å². The lowest BCUT2D eigenvalue weighted by Crippen LogP contribution is -2.12. The third-order valence-corrected chi connectivity index (χ3v) is 0.623. The minimum Gasteiger partial charge on any atom is -0.395 e. The second-order valence-corrected chi connectivity index (χ2v) is 1.30. The summed E-state index contributed by atoms with van der Waals surface area (Å²) in [6.07, 6.45) is 1.62. The van der Waals surface area contributed by atoms with E-state index < -0.39 is 0 Å². The van der Waals surface area contributed by atoms with Gasteiger partial charge in [-0.25, -0.2) is 0 Å². The molecule has 0 bridgehead atoms. The molecule has 0 rings (SSSR count). The first kappa shape index (κ1) is 7.43. The number of nitrogens with zero attached hydrogens (tertiary/aromatic N) is 1. The van der Waals surface area contributed by atoms with E-state index in [0.717, 1.165) is 6.54 Å².